The molecule has 23 heavy (non-hydrogen) atoms. The Bertz CT molecular complexity index is 642. The van der Waals surface area contributed by atoms with Gasteiger partial charge in [-0.05, 0) is 36.1 Å². The number of carbonyl (C=O) groups excluding carboxylic acids is 1. The van der Waals surface area contributed by atoms with Crippen molar-refractivity contribution >= 4 is 17.9 Å². The van der Waals surface area contributed by atoms with Crippen molar-refractivity contribution in [2.24, 2.45) is 0 Å². The smallest absolute Gasteiger partial charge is 0.181 e. The Balaban J connectivity index is 0.00000264. The predicted octanol–water partition coefficient (Wildman–Crippen LogP) is 5.54. The molecule has 0 aliphatic heterocycles. The maximum Gasteiger partial charge on any atom is 0.181 e. The summed E-state index contributed by atoms with van der Waals surface area (Å²) in [4.78, 5) is 12.5. The molecule has 0 atom stereocenters. The summed E-state index contributed by atoms with van der Waals surface area (Å²) in [5.41, 5.74) is 3.00. The van der Waals surface area contributed by atoms with Crippen LogP contribution in [0.15, 0.2) is 72.3 Å². The average Bonchev–Trinajstić information content (AvgIpc) is 2.58. The molecule has 0 aliphatic carbocycles. The van der Waals surface area contributed by atoms with Crippen molar-refractivity contribution in [3.05, 3.63) is 83.4 Å². The molecule has 0 saturated heterocycles. The van der Waals surface area contributed by atoms with Gasteiger partial charge in [0.2, 0.25) is 0 Å². The monoisotopic (exact) mass is 396 g/mol. The van der Waals surface area contributed by atoms with Gasteiger partial charge in [-0.2, -0.15) is 0 Å². The quantitative estimate of drug-likeness (QED) is 0.443. The van der Waals surface area contributed by atoms with Gasteiger partial charge >= 0.3 is 0 Å². The second kappa shape index (κ2) is 10.9. The molecule has 0 amide bonds. The van der Waals surface area contributed by atoms with Gasteiger partial charge in [-0.1, -0.05) is 80.1 Å². The fraction of sp³-hybridized carbons (Fsp3) is 0.190. The van der Waals surface area contributed by atoms with Crippen LogP contribution in [0.4, 0.5) is 0 Å². The van der Waals surface area contributed by atoms with E-state index in [1.54, 1.807) is 6.08 Å². The van der Waals surface area contributed by atoms with Crippen LogP contribution in [0.1, 0.15) is 37.3 Å². The summed E-state index contributed by atoms with van der Waals surface area (Å²) in [7, 11) is 0. The molecule has 2 aromatic rings. The molecule has 0 bridgehead atoms. The molecule has 1 nitrogen and oxygen atoms in total. The van der Waals surface area contributed by atoms with Crippen LogP contribution in [0, 0.1) is 0 Å². The van der Waals surface area contributed by atoms with E-state index in [4.69, 9.17) is 0 Å². The van der Waals surface area contributed by atoms with Gasteiger partial charge in [0.25, 0.3) is 0 Å². The molecule has 2 rings (SSSR count). The van der Waals surface area contributed by atoms with Crippen molar-refractivity contribution in [3.8, 4) is 0 Å². The Hall–Kier alpha value is -1.75. The zero-order chi connectivity index (χ0) is 15.6. The van der Waals surface area contributed by atoms with Gasteiger partial charge in [-0.3, -0.25) is 4.79 Å². The number of carbonyl (C=O) groups is 1. The van der Waals surface area contributed by atoms with Crippen molar-refractivity contribution in [2.45, 2.75) is 26.2 Å². The molecular weight excluding hydrogens is 375 g/mol. The Morgan fingerprint density at radius 3 is 2.04 bits per heavy atom. The molecule has 0 aliphatic rings. The second-order valence-corrected chi connectivity index (χ2v) is 5.29. The van der Waals surface area contributed by atoms with Gasteiger partial charge in [0, 0.05) is 26.0 Å². The van der Waals surface area contributed by atoms with E-state index in [1.165, 1.54) is 0 Å². The van der Waals surface area contributed by atoms with Crippen LogP contribution in [0.5, 0.6) is 0 Å². The van der Waals surface area contributed by atoms with Crippen LogP contribution < -0.4 is 0 Å². The number of allylic oxidation sites excluding steroid dienone is 2. The van der Waals surface area contributed by atoms with Gasteiger partial charge < -0.3 is 0 Å². The molecule has 0 fully saturated rings. The van der Waals surface area contributed by atoms with Gasteiger partial charge in [0.1, 0.15) is 0 Å². The summed E-state index contributed by atoms with van der Waals surface area (Å²) >= 11 is 0. The average molecular weight is 397 g/mol. The topological polar surface area (TPSA) is 17.1 Å². The summed E-state index contributed by atoms with van der Waals surface area (Å²) in [5, 5.41) is 0. The molecule has 2 aromatic carbocycles. The van der Waals surface area contributed by atoms with Crippen LogP contribution in [-0.2, 0) is 25.2 Å². The van der Waals surface area contributed by atoms with Crippen LogP contribution in [0.3, 0.4) is 0 Å². The molecule has 0 saturated carbocycles. The number of hydrogen-bond donors (Lipinski definition) is 0. The van der Waals surface area contributed by atoms with E-state index in [2.05, 4.69) is 6.92 Å². The fourth-order valence-electron chi connectivity index (χ4n) is 2.23. The van der Waals surface area contributed by atoms with E-state index in [0.29, 0.717) is 0 Å². The van der Waals surface area contributed by atoms with E-state index in [1.807, 2.05) is 72.8 Å². The normalized spacial score (nSPS) is 11.3. The summed E-state index contributed by atoms with van der Waals surface area (Å²) in [6.45, 7) is 2.14. The Labute approximate surface area is 152 Å². The van der Waals surface area contributed by atoms with E-state index in [0.717, 1.165) is 36.0 Å². The number of hydrogen-bond acceptors (Lipinski definition) is 1. The minimum atomic E-state index is 0. The molecule has 2 heteroatoms. The van der Waals surface area contributed by atoms with Gasteiger partial charge in [0.15, 0.2) is 5.78 Å². The predicted molar refractivity (Wildman–Crippen MR) is 94.4 cm³/mol. The fourth-order valence-corrected chi connectivity index (χ4v) is 2.23. The maximum atomic E-state index is 12.5. The SMILES string of the molecule is CCCCC(=Cc1ccccc1)C(=O)C=Cc1ccccc1.[Pd]. The first-order valence-corrected chi connectivity index (χ1v) is 7.82. The Morgan fingerprint density at radius 1 is 0.913 bits per heavy atom. The molecule has 0 aromatic heterocycles. The maximum absolute atomic E-state index is 12.5. The minimum Gasteiger partial charge on any atom is -0.290 e. The summed E-state index contributed by atoms with van der Waals surface area (Å²) in [6.07, 6.45) is 8.51. The van der Waals surface area contributed by atoms with Gasteiger partial charge in [0.05, 0.1) is 0 Å². The largest absolute Gasteiger partial charge is 0.290 e. The first-order valence-electron chi connectivity index (χ1n) is 7.82. The Kier molecular flexibility index (Phi) is 9.14. The third-order valence-corrected chi connectivity index (χ3v) is 3.48. The van der Waals surface area contributed by atoms with Crippen molar-refractivity contribution in [2.75, 3.05) is 0 Å². The molecular formula is C21H22OPd. The summed E-state index contributed by atoms with van der Waals surface area (Å²) in [6, 6.07) is 19.9. The molecule has 0 spiro atoms. The first-order chi connectivity index (χ1) is 10.8. The van der Waals surface area contributed by atoms with Crippen molar-refractivity contribution in [1.29, 1.82) is 0 Å². The first kappa shape index (κ1) is 19.3. The standard InChI is InChI=1S/C21H22O.Pd/c1-2-3-14-20(17-19-12-8-5-9-13-19)21(22)16-15-18-10-6-4-7-11-18;/h4-13,15-17H,2-3,14H2,1H3;. The van der Waals surface area contributed by atoms with Crippen LogP contribution in [-0.4, -0.2) is 5.78 Å². The second-order valence-electron chi connectivity index (χ2n) is 5.29. The minimum absolute atomic E-state index is 0. The number of benzene rings is 2. The molecule has 0 unspecified atom stereocenters. The zero-order valence-electron chi connectivity index (χ0n) is 13.4. The molecule has 0 heterocycles. The molecule has 0 N–H and O–H groups in total. The molecule has 0 radical (unpaired) electrons. The van der Waals surface area contributed by atoms with E-state index in [-0.39, 0.29) is 26.2 Å². The van der Waals surface area contributed by atoms with Crippen LogP contribution in [0.25, 0.3) is 12.2 Å². The van der Waals surface area contributed by atoms with Crippen LogP contribution >= 0.6 is 0 Å². The number of rotatable bonds is 7. The van der Waals surface area contributed by atoms with E-state index in [9.17, 15) is 4.79 Å². The van der Waals surface area contributed by atoms with Crippen molar-refractivity contribution < 1.29 is 25.2 Å². The van der Waals surface area contributed by atoms with E-state index >= 15 is 0 Å². The van der Waals surface area contributed by atoms with Crippen molar-refractivity contribution in [1.82, 2.24) is 0 Å². The van der Waals surface area contributed by atoms with Crippen molar-refractivity contribution in [3.63, 3.8) is 0 Å². The summed E-state index contributed by atoms with van der Waals surface area (Å²) < 4.78 is 0. The number of unbranched alkanes of at least 4 members (excludes halogenated alkanes) is 1. The Morgan fingerprint density at radius 2 is 1.48 bits per heavy atom. The summed E-state index contributed by atoms with van der Waals surface area (Å²) in [5.74, 6) is 0.0983. The molecule has 122 valence electrons. The zero-order valence-corrected chi connectivity index (χ0v) is 14.9. The van der Waals surface area contributed by atoms with Gasteiger partial charge in [-0.25, -0.2) is 0 Å². The third kappa shape index (κ3) is 6.91. The van der Waals surface area contributed by atoms with E-state index < -0.39 is 0 Å². The number of ketones is 1. The van der Waals surface area contributed by atoms with Crippen LogP contribution in [0.2, 0.25) is 0 Å². The third-order valence-electron chi connectivity index (χ3n) is 3.48. The van der Waals surface area contributed by atoms with Gasteiger partial charge in [-0.15, -0.1) is 0 Å².